The van der Waals surface area contributed by atoms with Crippen LogP contribution in [0.15, 0.2) is 24.3 Å². The summed E-state index contributed by atoms with van der Waals surface area (Å²) in [6.07, 6.45) is 3.91. The molecule has 4 aliphatic heterocycles. The first kappa shape index (κ1) is 21.3. The predicted molar refractivity (Wildman–Crippen MR) is 120 cm³/mol. The van der Waals surface area contributed by atoms with E-state index in [9.17, 15) is 19.5 Å². The van der Waals surface area contributed by atoms with Gasteiger partial charge in [0.05, 0.1) is 12.1 Å². The number of rotatable bonds is 5. The Balaban J connectivity index is 1.16. The van der Waals surface area contributed by atoms with Crippen molar-refractivity contribution in [1.29, 1.82) is 0 Å². The van der Waals surface area contributed by atoms with Crippen LogP contribution < -0.4 is 0 Å². The van der Waals surface area contributed by atoms with Crippen molar-refractivity contribution in [2.24, 2.45) is 0 Å². The highest BCUT2D eigenvalue weighted by atomic mass is 16.3. The Morgan fingerprint density at radius 1 is 1.03 bits per heavy atom. The van der Waals surface area contributed by atoms with Crippen LogP contribution in [0.2, 0.25) is 0 Å². The summed E-state index contributed by atoms with van der Waals surface area (Å²) in [4.78, 5) is 46.5. The van der Waals surface area contributed by atoms with Gasteiger partial charge in [-0.3, -0.25) is 29.1 Å². The van der Waals surface area contributed by atoms with Crippen molar-refractivity contribution in [3.05, 3.63) is 35.4 Å². The highest BCUT2D eigenvalue weighted by Crippen LogP contribution is 2.42. The highest BCUT2D eigenvalue weighted by Gasteiger charge is 2.64. The minimum Gasteiger partial charge on any atom is -0.392 e. The maximum absolute atomic E-state index is 13.7. The van der Waals surface area contributed by atoms with Crippen LogP contribution in [0.3, 0.4) is 0 Å². The summed E-state index contributed by atoms with van der Waals surface area (Å²) in [6, 6.07) is 8.51. The van der Waals surface area contributed by atoms with E-state index in [1.165, 1.54) is 16.0 Å². The number of amides is 3. The molecule has 2 atom stereocenters. The monoisotopic (exact) mass is 452 g/mol. The van der Waals surface area contributed by atoms with Crippen LogP contribution >= 0.6 is 0 Å². The number of aliphatic hydroxyl groups excluding tert-OH is 1. The van der Waals surface area contributed by atoms with Crippen molar-refractivity contribution >= 4 is 17.7 Å². The number of aliphatic hydroxyl groups is 1. The van der Waals surface area contributed by atoms with E-state index in [1.807, 2.05) is 9.80 Å². The molecule has 33 heavy (non-hydrogen) atoms. The van der Waals surface area contributed by atoms with Crippen LogP contribution in [0.4, 0.5) is 0 Å². The number of carbonyl (C=O) groups is 3. The number of β-amino-alcohol motifs (C(OH)–C–C–N with tert-alkyl or cyclic N) is 1. The second-order valence-corrected chi connectivity index (χ2v) is 10.5. The molecule has 0 radical (unpaired) electrons. The third kappa shape index (κ3) is 3.33. The molecule has 8 heteroatoms. The Morgan fingerprint density at radius 2 is 1.76 bits per heavy atom. The molecule has 6 rings (SSSR count). The summed E-state index contributed by atoms with van der Waals surface area (Å²) in [5.74, 6) is -0.126. The number of benzene rings is 1. The number of hydrogen-bond acceptors (Lipinski definition) is 6. The SMILES string of the molecule is O=C1CCCN1CCCN1C(=O)C2CC(O)CN2C2(CN(C3Cc4ccccc4C3)C2)C1=O. The molecule has 1 aromatic rings. The zero-order valence-electron chi connectivity index (χ0n) is 19.0. The van der Waals surface area contributed by atoms with Crippen LogP contribution in [0.25, 0.3) is 0 Å². The van der Waals surface area contributed by atoms with Gasteiger partial charge in [-0.05, 0) is 43.2 Å². The third-order valence-corrected chi connectivity index (χ3v) is 8.48. The maximum atomic E-state index is 13.7. The zero-order chi connectivity index (χ0) is 22.7. The van der Waals surface area contributed by atoms with E-state index in [4.69, 9.17) is 0 Å². The number of hydrogen-bond donors (Lipinski definition) is 1. The molecule has 3 amide bonds. The molecular weight excluding hydrogens is 420 g/mol. The number of carbonyl (C=O) groups excluding carboxylic acids is 3. The Bertz CT molecular complexity index is 965. The van der Waals surface area contributed by atoms with Gasteiger partial charge in [-0.15, -0.1) is 0 Å². The summed E-state index contributed by atoms with van der Waals surface area (Å²) < 4.78 is 0. The standard InChI is InChI=1S/C25H32N4O4/c30-20-13-21-23(32)28(10-4-9-26-8-3-7-22(26)31)24(33)25(29(21)14-20)15-27(16-25)19-11-17-5-1-2-6-18(17)12-19/h1-2,5-6,19-21,30H,3-4,7-16H2. The number of fused-ring (bicyclic) bond motifs is 3. The van der Waals surface area contributed by atoms with Crippen LogP contribution in [0.1, 0.15) is 36.8 Å². The minimum atomic E-state index is -0.714. The van der Waals surface area contributed by atoms with Gasteiger partial charge in [-0.1, -0.05) is 24.3 Å². The van der Waals surface area contributed by atoms with Gasteiger partial charge < -0.3 is 10.0 Å². The molecule has 4 saturated heterocycles. The molecule has 1 aliphatic carbocycles. The van der Waals surface area contributed by atoms with Gasteiger partial charge in [0.2, 0.25) is 11.8 Å². The molecule has 1 N–H and O–H groups in total. The van der Waals surface area contributed by atoms with Crippen molar-refractivity contribution in [2.45, 2.75) is 62.3 Å². The summed E-state index contributed by atoms with van der Waals surface area (Å²) in [7, 11) is 0. The molecular formula is C25H32N4O4. The lowest BCUT2D eigenvalue weighted by molar-refractivity contribution is -0.182. The van der Waals surface area contributed by atoms with E-state index >= 15 is 0 Å². The quantitative estimate of drug-likeness (QED) is 0.635. The van der Waals surface area contributed by atoms with Crippen molar-refractivity contribution in [3.8, 4) is 0 Å². The van der Waals surface area contributed by atoms with E-state index in [0.717, 1.165) is 25.8 Å². The van der Waals surface area contributed by atoms with Gasteiger partial charge in [0.15, 0.2) is 0 Å². The maximum Gasteiger partial charge on any atom is 0.252 e. The van der Waals surface area contributed by atoms with Gasteiger partial charge in [0, 0.05) is 51.7 Å². The molecule has 5 aliphatic rings. The number of nitrogens with zero attached hydrogens (tertiary/aromatic N) is 4. The van der Waals surface area contributed by atoms with E-state index in [-0.39, 0.29) is 17.7 Å². The second-order valence-electron chi connectivity index (χ2n) is 10.5. The lowest BCUT2D eigenvalue weighted by Gasteiger charge is -2.60. The van der Waals surface area contributed by atoms with E-state index in [1.54, 1.807) is 0 Å². The molecule has 4 heterocycles. The number of imide groups is 1. The Labute approximate surface area is 194 Å². The van der Waals surface area contributed by atoms with Gasteiger partial charge in [0.25, 0.3) is 5.91 Å². The largest absolute Gasteiger partial charge is 0.392 e. The molecule has 0 saturated carbocycles. The van der Waals surface area contributed by atoms with Crippen molar-refractivity contribution in [2.75, 3.05) is 39.3 Å². The van der Waals surface area contributed by atoms with Gasteiger partial charge in [-0.2, -0.15) is 0 Å². The van der Waals surface area contributed by atoms with Crippen LogP contribution in [0, 0.1) is 0 Å². The number of likely N-dealkylation sites (tertiary alicyclic amines) is 2. The molecule has 176 valence electrons. The summed E-state index contributed by atoms with van der Waals surface area (Å²) in [5.41, 5.74) is 2.07. The van der Waals surface area contributed by atoms with Crippen LogP contribution in [-0.2, 0) is 27.2 Å². The second kappa shape index (κ2) is 7.89. The van der Waals surface area contributed by atoms with Gasteiger partial charge >= 0.3 is 0 Å². The fourth-order valence-electron chi connectivity index (χ4n) is 6.74. The van der Waals surface area contributed by atoms with E-state index in [2.05, 4.69) is 29.2 Å². The minimum absolute atomic E-state index is 0.114. The third-order valence-electron chi connectivity index (χ3n) is 8.48. The average molecular weight is 453 g/mol. The van der Waals surface area contributed by atoms with Gasteiger partial charge in [-0.25, -0.2) is 0 Å². The number of piperazine rings is 1. The molecule has 1 spiro atoms. The fraction of sp³-hybridized carbons (Fsp3) is 0.640. The summed E-state index contributed by atoms with van der Waals surface area (Å²) in [5, 5.41) is 10.4. The smallest absolute Gasteiger partial charge is 0.252 e. The van der Waals surface area contributed by atoms with E-state index < -0.39 is 17.7 Å². The predicted octanol–water partition coefficient (Wildman–Crippen LogP) is 0.0247. The lowest BCUT2D eigenvalue weighted by Crippen LogP contribution is -2.82. The first-order valence-corrected chi connectivity index (χ1v) is 12.4. The Hall–Kier alpha value is -2.29. The Kier molecular flexibility index (Phi) is 5.08. The average Bonchev–Trinajstić information content (AvgIpc) is 3.48. The first-order valence-electron chi connectivity index (χ1n) is 12.4. The molecule has 1 aromatic carbocycles. The normalized spacial score (nSPS) is 29.8. The summed E-state index contributed by atoms with van der Waals surface area (Å²) in [6.45, 7) is 3.32. The van der Waals surface area contributed by atoms with Crippen LogP contribution in [-0.4, -0.2) is 105 Å². The van der Waals surface area contributed by atoms with Crippen LogP contribution in [0.5, 0.6) is 0 Å². The fourth-order valence-corrected chi connectivity index (χ4v) is 6.74. The zero-order valence-corrected chi connectivity index (χ0v) is 19.0. The van der Waals surface area contributed by atoms with Crippen molar-refractivity contribution in [3.63, 3.8) is 0 Å². The van der Waals surface area contributed by atoms with Gasteiger partial charge in [0.1, 0.15) is 5.54 Å². The Morgan fingerprint density at radius 3 is 2.42 bits per heavy atom. The first-order chi connectivity index (χ1) is 16.0. The van der Waals surface area contributed by atoms with E-state index in [0.29, 0.717) is 58.0 Å². The lowest BCUT2D eigenvalue weighted by atomic mass is 9.81. The van der Waals surface area contributed by atoms with Crippen molar-refractivity contribution in [1.82, 2.24) is 19.6 Å². The molecule has 4 fully saturated rings. The van der Waals surface area contributed by atoms with Crippen molar-refractivity contribution < 1.29 is 19.5 Å². The highest BCUT2D eigenvalue weighted by molar-refractivity contribution is 6.06. The molecule has 2 unspecified atom stereocenters. The molecule has 0 bridgehead atoms. The summed E-state index contributed by atoms with van der Waals surface area (Å²) >= 11 is 0. The molecule has 0 aromatic heterocycles. The molecule has 8 nitrogen and oxygen atoms in total. The topological polar surface area (TPSA) is 84.4 Å².